The SMILES string of the molecule is O=C(CCCN1C(=O)c2cccc3cccc(c23)C1=O)N1CCN(c2ccccc2F)CC1. The zero-order valence-electron chi connectivity index (χ0n) is 18.2. The summed E-state index contributed by atoms with van der Waals surface area (Å²) in [7, 11) is 0. The van der Waals surface area contributed by atoms with Crippen LogP contribution in [0.15, 0.2) is 60.7 Å². The molecule has 0 saturated carbocycles. The van der Waals surface area contributed by atoms with Gasteiger partial charge < -0.3 is 9.80 Å². The smallest absolute Gasteiger partial charge is 0.261 e. The van der Waals surface area contributed by atoms with Crippen LogP contribution in [0.4, 0.5) is 10.1 Å². The van der Waals surface area contributed by atoms with Gasteiger partial charge in [0.2, 0.25) is 5.91 Å². The van der Waals surface area contributed by atoms with Crippen molar-refractivity contribution in [2.45, 2.75) is 12.8 Å². The lowest BCUT2D eigenvalue weighted by Crippen LogP contribution is -2.49. The number of rotatable bonds is 5. The second kappa shape index (κ2) is 8.65. The fourth-order valence-corrected chi connectivity index (χ4v) is 4.73. The summed E-state index contributed by atoms with van der Waals surface area (Å²) in [4.78, 5) is 43.6. The summed E-state index contributed by atoms with van der Waals surface area (Å²) in [6.07, 6.45) is 0.657. The molecule has 0 bridgehead atoms. The maximum Gasteiger partial charge on any atom is 0.261 e. The molecule has 2 heterocycles. The summed E-state index contributed by atoms with van der Waals surface area (Å²) >= 11 is 0. The number of halogens is 1. The molecule has 7 heteroatoms. The van der Waals surface area contributed by atoms with E-state index in [1.807, 2.05) is 29.2 Å². The van der Waals surface area contributed by atoms with Crippen LogP contribution in [0, 0.1) is 5.82 Å². The van der Waals surface area contributed by atoms with Crippen molar-refractivity contribution in [3.05, 3.63) is 77.6 Å². The summed E-state index contributed by atoms with van der Waals surface area (Å²) in [5.74, 6) is -0.890. The van der Waals surface area contributed by atoms with Crippen LogP contribution < -0.4 is 4.90 Å². The minimum Gasteiger partial charge on any atom is -0.366 e. The molecule has 5 rings (SSSR count). The maximum absolute atomic E-state index is 14.0. The van der Waals surface area contributed by atoms with Crippen molar-refractivity contribution in [3.63, 3.8) is 0 Å². The van der Waals surface area contributed by atoms with Gasteiger partial charge in [-0.05, 0) is 36.1 Å². The van der Waals surface area contributed by atoms with Crippen LogP contribution in [-0.4, -0.2) is 60.2 Å². The molecule has 6 nitrogen and oxygen atoms in total. The lowest BCUT2D eigenvalue weighted by atomic mass is 9.94. The molecule has 3 aromatic rings. The van der Waals surface area contributed by atoms with Gasteiger partial charge in [0, 0.05) is 55.7 Å². The zero-order chi connectivity index (χ0) is 22.9. The molecule has 0 unspecified atom stereocenters. The molecule has 1 saturated heterocycles. The molecule has 0 N–H and O–H groups in total. The second-order valence-electron chi connectivity index (χ2n) is 8.39. The van der Waals surface area contributed by atoms with Crippen molar-refractivity contribution in [1.82, 2.24) is 9.80 Å². The highest BCUT2D eigenvalue weighted by molar-refractivity contribution is 6.25. The highest BCUT2D eigenvalue weighted by atomic mass is 19.1. The summed E-state index contributed by atoms with van der Waals surface area (Å²) < 4.78 is 14.0. The largest absolute Gasteiger partial charge is 0.366 e. The molecule has 0 aliphatic carbocycles. The fraction of sp³-hybridized carbons (Fsp3) is 0.269. The van der Waals surface area contributed by atoms with E-state index in [-0.39, 0.29) is 36.5 Å². The highest BCUT2D eigenvalue weighted by Crippen LogP contribution is 2.30. The number of piperazine rings is 1. The number of benzene rings is 3. The number of para-hydroxylation sites is 1. The predicted octanol–water partition coefficient (Wildman–Crippen LogP) is 3.70. The van der Waals surface area contributed by atoms with Crippen LogP contribution in [0.5, 0.6) is 0 Å². The number of carbonyl (C=O) groups excluding carboxylic acids is 3. The van der Waals surface area contributed by atoms with E-state index >= 15 is 0 Å². The van der Waals surface area contributed by atoms with Gasteiger partial charge in [-0.3, -0.25) is 19.3 Å². The molecule has 0 atom stereocenters. The number of carbonyl (C=O) groups is 3. The lowest BCUT2D eigenvalue weighted by molar-refractivity contribution is -0.131. The topological polar surface area (TPSA) is 60.9 Å². The number of nitrogens with zero attached hydrogens (tertiary/aromatic N) is 3. The minimum absolute atomic E-state index is 0.0115. The predicted molar refractivity (Wildman–Crippen MR) is 124 cm³/mol. The van der Waals surface area contributed by atoms with Crippen molar-refractivity contribution in [3.8, 4) is 0 Å². The van der Waals surface area contributed by atoms with E-state index in [4.69, 9.17) is 0 Å². The Morgan fingerprint density at radius 1 is 0.818 bits per heavy atom. The summed E-state index contributed by atoms with van der Waals surface area (Å²) in [5.41, 5.74) is 1.61. The molecule has 2 aliphatic rings. The Labute approximate surface area is 191 Å². The van der Waals surface area contributed by atoms with E-state index in [0.29, 0.717) is 54.8 Å². The molecule has 2 aliphatic heterocycles. The Balaban J connectivity index is 1.18. The minimum atomic E-state index is -0.310. The molecule has 0 radical (unpaired) electrons. The summed E-state index contributed by atoms with van der Waals surface area (Å²) in [5, 5.41) is 1.58. The first-order chi connectivity index (χ1) is 16.0. The normalized spacial score (nSPS) is 16.0. The van der Waals surface area contributed by atoms with Crippen molar-refractivity contribution in [1.29, 1.82) is 0 Å². The third-order valence-corrected chi connectivity index (χ3v) is 6.45. The van der Waals surface area contributed by atoms with Gasteiger partial charge >= 0.3 is 0 Å². The van der Waals surface area contributed by atoms with Crippen molar-refractivity contribution >= 4 is 34.2 Å². The molecule has 168 valence electrons. The Hall–Kier alpha value is -3.74. The molecule has 33 heavy (non-hydrogen) atoms. The van der Waals surface area contributed by atoms with E-state index in [9.17, 15) is 18.8 Å². The van der Waals surface area contributed by atoms with Crippen LogP contribution in [0.2, 0.25) is 0 Å². The first kappa shape index (κ1) is 21.1. The number of hydrogen-bond acceptors (Lipinski definition) is 4. The average Bonchev–Trinajstić information content (AvgIpc) is 2.85. The highest BCUT2D eigenvalue weighted by Gasteiger charge is 2.32. The van der Waals surface area contributed by atoms with Crippen molar-refractivity contribution in [2.24, 2.45) is 0 Å². The summed E-state index contributed by atoms with van der Waals surface area (Å²) in [6.45, 7) is 2.37. The van der Waals surface area contributed by atoms with Crippen LogP contribution >= 0.6 is 0 Å². The summed E-state index contributed by atoms with van der Waals surface area (Å²) in [6, 6.07) is 17.6. The number of imide groups is 1. The molecule has 0 aromatic heterocycles. The van der Waals surface area contributed by atoms with Gasteiger partial charge in [0.25, 0.3) is 11.8 Å². The fourth-order valence-electron chi connectivity index (χ4n) is 4.73. The second-order valence-corrected chi connectivity index (χ2v) is 8.39. The van der Waals surface area contributed by atoms with E-state index in [1.165, 1.54) is 11.0 Å². The number of amides is 3. The van der Waals surface area contributed by atoms with E-state index < -0.39 is 0 Å². The Morgan fingerprint density at radius 3 is 2.09 bits per heavy atom. The van der Waals surface area contributed by atoms with Gasteiger partial charge in [-0.25, -0.2) is 4.39 Å². The first-order valence-corrected chi connectivity index (χ1v) is 11.2. The van der Waals surface area contributed by atoms with Crippen LogP contribution in [-0.2, 0) is 4.79 Å². The monoisotopic (exact) mass is 445 g/mol. The number of anilines is 1. The van der Waals surface area contributed by atoms with Gasteiger partial charge in [0.15, 0.2) is 0 Å². The Bertz CT molecular complexity index is 1200. The third kappa shape index (κ3) is 3.84. The average molecular weight is 445 g/mol. The molecular formula is C26H24FN3O3. The Kier molecular flexibility index (Phi) is 5.54. The number of hydrogen-bond donors (Lipinski definition) is 0. The molecule has 1 fully saturated rings. The Morgan fingerprint density at radius 2 is 1.45 bits per heavy atom. The third-order valence-electron chi connectivity index (χ3n) is 6.45. The van der Waals surface area contributed by atoms with Gasteiger partial charge in [0.1, 0.15) is 5.82 Å². The van der Waals surface area contributed by atoms with Crippen LogP contribution in [0.1, 0.15) is 33.6 Å². The van der Waals surface area contributed by atoms with Crippen LogP contribution in [0.3, 0.4) is 0 Å². The molecule has 3 amide bonds. The quantitative estimate of drug-likeness (QED) is 0.562. The molecular weight excluding hydrogens is 421 g/mol. The van der Waals surface area contributed by atoms with Gasteiger partial charge in [-0.2, -0.15) is 0 Å². The van der Waals surface area contributed by atoms with Gasteiger partial charge in [-0.1, -0.05) is 36.4 Å². The van der Waals surface area contributed by atoms with Crippen molar-refractivity contribution in [2.75, 3.05) is 37.6 Å². The molecule has 0 spiro atoms. The standard InChI is InChI=1S/C26H24FN3O3/c27-21-10-1-2-11-22(21)28-14-16-29(17-15-28)23(31)12-5-13-30-25(32)19-8-3-6-18-7-4-9-20(24(18)19)26(30)33/h1-4,6-11H,5,12-17H2. The zero-order valence-corrected chi connectivity index (χ0v) is 18.2. The first-order valence-electron chi connectivity index (χ1n) is 11.2. The van der Waals surface area contributed by atoms with Crippen molar-refractivity contribution < 1.29 is 18.8 Å². The molecule has 3 aromatic carbocycles. The van der Waals surface area contributed by atoms with E-state index in [0.717, 1.165) is 5.39 Å². The van der Waals surface area contributed by atoms with Gasteiger partial charge in [0.05, 0.1) is 5.69 Å². The lowest BCUT2D eigenvalue weighted by Gasteiger charge is -2.36. The maximum atomic E-state index is 14.0. The van der Waals surface area contributed by atoms with Crippen LogP contribution in [0.25, 0.3) is 10.8 Å². The van der Waals surface area contributed by atoms with Gasteiger partial charge in [-0.15, -0.1) is 0 Å². The van der Waals surface area contributed by atoms with E-state index in [2.05, 4.69) is 0 Å². The van der Waals surface area contributed by atoms with E-state index in [1.54, 1.807) is 35.2 Å².